The highest BCUT2D eigenvalue weighted by molar-refractivity contribution is 6.30. The van der Waals surface area contributed by atoms with Crippen molar-refractivity contribution in [2.45, 2.75) is 32.9 Å². The molecule has 0 heterocycles. The average molecular weight is 305 g/mol. The standard InChI is InChI=1S/C14H21ClN2O.ClH/c1-11(2)17(14(18)7-8-16-3)10-12-5-4-6-13(15)9-12;/h4-6,9,11,16H,7-8,10H2,1-3H3;1H. The number of halogens is 2. The first-order valence-corrected chi connectivity index (χ1v) is 6.61. The average Bonchev–Trinajstić information content (AvgIpc) is 2.32. The molecule has 0 atom stereocenters. The fourth-order valence-electron chi connectivity index (χ4n) is 1.77. The Kier molecular flexibility index (Phi) is 8.81. The smallest absolute Gasteiger partial charge is 0.224 e. The van der Waals surface area contributed by atoms with Gasteiger partial charge in [0.05, 0.1) is 0 Å². The van der Waals surface area contributed by atoms with Gasteiger partial charge in [-0.2, -0.15) is 0 Å². The number of hydrogen-bond donors (Lipinski definition) is 1. The molecule has 0 aliphatic heterocycles. The zero-order chi connectivity index (χ0) is 13.5. The molecule has 1 N–H and O–H groups in total. The second-order valence-electron chi connectivity index (χ2n) is 4.60. The van der Waals surface area contributed by atoms with Crippen molar-refractivity contribution in [3.05, 3.63) is 34.9 Å². The van der Waals surface area contributed by atoms with Gasteiger partial charge in [0.1, 0.15) is 0 Å². The monoisotopic (exact) mass is 304 g/mol. The van der Waals surface area contributed by atoms with E-state index in [1.165, 1.54) is 0 Å². The molecule has 3 nitrogen and oxygen atoms in total. The molecule has 0 aromatic heterocycles. The summed E-state index contributed by atoms with van der Waals surface area (Å²) in [5, 5.41) is 3.70. The van der Waals surface area contributed by atoms with Crippen LogP contribution in [0.5, 0.6) is 0 Å². The van der Waals surface area contributed by atoms with Crippen molar-refractivity contribution >= 4 is 29.9 Å². The van der Waals surface area contributed by atoms with Gasteiger partial charge < -0.3 is 10.2 Å². The van der Waals surface area contributed by atoms with Crippen LogP contribution in [0.3, 0.4) is 0 Å². The van der Waals surface area contributed by atoms with Gasteiger partial charge in [-0.1, -0.05) is 23.7 Å². The third-order valence-electron chi connectivity index (χ3n) is 2.77. The SMILES string of the molecule is CNCCC(=O)N(Cc1cccc(Cl)c1)C(C)C.Cl. The minimum absolute atomic E-state index is 0. The first kappa shape index (κ1) is 18.2. The van der Waals surface area contributed by atoms with E-state index in [9.17, 15) is 4.79 Å². The van der Waals surface area contributed by atoms with Crippen LogP contribution >= 0.6 is 24.0 Å². The number of nitrogens with one attached hydrogen (secondary N) is 1. The van der Waals surface area contributed by atoms with Gasteiger partial charge in [0, 0.05) is 30.6 Å². The lowest BCUT2D eigenvalue weighted by Crippen LogP contribution is -2.37. The number of carbonyl (C=O) groups excluding carboxylic acids is 1. The largest absolute Gasteiger partial charge is 0.336 e. The predicted molar refractivity (Wildman–Crippen MR) is 82.9 cm³/mol. The highest BCUT2D eigenvalue weighted by Crippen LogP contribution is 2.14. The molecule has 0 unspecified atom stereocenters. The summed E-state index contributed by atoms with van der Waals surface area (Å²) in [7, 11) is 1.85. The van der Waals surface area contributed by atoms with E-state index in [4.69, 9.17) is 11.6 Å². The van der Waals surface area contributed by atoms with Crippen molar-refractivity contribution in [2.75, 3.05) is 13.6 Å². The van der Waals surface area contributed by atoms with E-state index in [0.29, 0.717) is 24.5 Å². The Balaban J connectivity index is 0.00000324. The van der Waals surface area contributed by atoms with Gasteiger partial charge >= 0.3 is 0 Å². The third kappa shape index (κ3) is 6.28. The van der Waals surface area contributed by atoms with Crippen molar-refractivity contribution in [3.8, 4) is 0 Å². The highest BCUT2D eigenvalue weighted by Gasteiger charge is 2.16. The highest BCUT2D eigenvalue weighted by atomic mass is 35.5. The van der Waals surface area contributed by atoms with E-state index >= 15 is 0 Å². The van der Waals surface area contributed by atoms with Crippen molar-refractivity contribution < 1.29 is 4.79 Å². The normalized spacial score (nSPS) is 10.2. The molecule has 1 amide bonds. The van der Waals surface area contributed by atoms with Crippen LogP contribution in [0, 0.1) is 0 Å². The maximum Gasteiger partial charge on any atom is 0.224 e. The van der Waals surface area contributed by atoms with E-state index < -0.39 is 0 Å². The topological polar surface area (TPSA) is 32.3 Å². The van der Waals surface area contributed by atoms with Gasteiger partial charge in [-0.05, 0) is 38.6 Å². The van der Waals surface area contributed by atoms with Gasteiger partial charge in [0.2, 0.25) is 5.91 Å². The lowest BCUT2D eigenvalue weighted by atomic mass is 10.1. The summed E-state index contributed by atoms with van der Waals surface area (Å²) < 4.78 is 0. The molecule has 0 radical (unpaired) electrons. The number of benzene rings is 1. The number of nitrogens with zero attached hydrogens (tertiary/aromatic N) is 1. The fraction of sp³-hybridized carbons (Fsp3) is 0.500. The summed E-state index contributed by atoms with van der Waals surface area (Å²) in [6.45, 7) is 5.38. The quantitative estimate of drug-likeness (QED) is 0.876. The zero-order valence-corrected chi connectivity index (χ0v) is 13.2. The summed E-state index contributed by atoms with van der Waals surface area (Å²) in [4.78, 5) is 14.0. The van der Waals surface area contributed by atoms with E-state index in [-0.39, 0.29) is 24.4 Å². The summed E-state index contributed by atoms with van der Waals surface area (Å²) >= 11 is 5.96. The molecular weight excluding hydrogens is 283 g/mol. The Morgan fingerprint density at radius 3 is 2.63 bits per heavy atom. The van der Waals surface area contributed by atoms with E-state index in [2.05, 4.69) is 5.32 Å². The first-order valence-electron chi connectivity index (χ1n) is 6.23. The maximum atomic E-state index is 12.1. The molecule has 0 spiro atoms. The molecule has 0 saturated heterocycles. The third-order valence-corrected chi connectivity index (χ3v) is 3.01. The molecule has 0 saturated carbocycles. The van der Waals surface area contributed by atoms with Gasteiger partial charge in [0.25, 0.3) is 0 Å². The Hall–Kier alpha value is -0.770. The molecular formula is C14H22Cl2N2O. The maximum absolute atomic E-state index is 12.1. The second-order valence-corrected chi connectivity index (χ2v) is 5.04. The van der Waals surface area contributed by atoms with Crippen LogP contribution in [0.1, 0.15) is 25.8 Å². The second kappa shape index (κ2) is 9.18. The molecule has 1 rings (SSSR count). The summed E-state index contributed by atoms with van der Waals surface area (Å²) in [5.41, 5.74) is 1.06. The molecule has 5 heteroatoms. The zero-order valence-electron chi connectivity index (χ0n) is 11.6. The molecule has 0 bridgehead atoms. The van der Waals surface area contributed by atoms with Crippen molar-refractivity contribution in [2.24, 2.45) is 0 Å². The molecule has 1 aromatic carbocycles. The van der Waals surface area contributed by atoms with E-state index in [0.717, 1.165) is 5.56 Å². The van der Waals surface area contributed by atoms with Crippen LogP contribution in [-0.4, -0.2) is 30.4 Å². The van der Waals surface area contributed by atoms with Crippen LogP contribution < -0.4 is 5.32 Å². The summed E-state index contributed by atoms with van der Waals surface area (Å²) in [6, 6.07) is 7.84. The number of hydrogen-bond acceptors (Lipinski definition) is 2. The lowest BCUT2D eigenvalue weighted by molar-refractivity contribution is -0.133. The Bertz CT molecular complexity index is 397. The summed E-state index contributed by atoms with van der Waals surface area (Å²) in [6.07, 6.45) is 0.523. The van der Waals surface area contributed by atoms with Crippen molar-refractivity contribution in [1.82, 2.24) is 10.2 Å². The molecule has 1 aromatic rings. The number of carbonyl (C=O) groups is 1. The van der Waals surface area contributed by atoms with Crippen LogP contribution in [0.2, 0.25) is 5.02 Å². The predicted octanol–water partition coefficient (Wildman–Crippen LogP) is 3.11. The number of amides is 1. The van der Waals surface area contributed by atoms with Crippen LogP contribution in [0.15, 0.2) is 24.3 Å². The Labute approximate surface area is 126 Å². The first-order chi connectivity index (χ1) is 8.54. The van der Waals surface area contributed by atoms with E-state index in [1.807, 2.05) is 50.1 Å². The molecule has 19 heavy (non-hydrogen) atoms. The minimum atomic E-state index is 0. The molecule has 0 fully saturated rings. The molecule has 108 valence electrons. The summed E-state index contributed by atoms with van der Waals surface area (Å²) in [5.74, 6) is 0.166. The van der Waals surface area contributed by atoms with Crippen molar-refractivity contribution in [3.63, 3.8) is 0 Å². The van der Waals surface area contributed by atoms with Crippen LogP contribution in [-0.2, 0) is 11.3 Å². The number of rotatable bonds is 6. The van der Waals surface area contributed by atoms with Gasteiger partial charge in [-0.15, -0.1) is 12.4 Å². The van der Waals surface area contributed by atoms with Gasteiger partial charge in [0.15, 0.2) is 0 Å². The van der Waals surface area contributed by atoms with Crippen LogP contribution in [0.4, 0.5) is 0 Å². The van der Waals surface area contributed by atoms with Gasteiger partial charge in [-0.25, -0.2) is 0 Å². The fourth-order valence-corrected chi connectivity index (χ4v) is 1.98. The van der Waals surface area contributed by atoms with Crippen LogP contribution in [0.25, 0.3) is 0 Å². The van der Waals surface area contributed by atoms with E-state index in [1.54, 1.807) is 0 Å². The Morgan fingerprint density at radius 1 is 1.42 bits per heavy atom. The van der Waals surface area contributed by atoms with Gasteiger partial charge in [-0.3, -0.25) is 4.79 Å². The van der Waals surface area contributed by atoms with Crippen molar-refractivity contribution in [1.29, 1.82) is 0 Å². The molecule has 0 aliphatic carbocycles. The minimum Gasteiger partial charge on any atom is -0.336 e. The lowest BCUT2D eigenvalue weighted by Gasteiger charge is -2.27. The molecule has 0 aliphatic rings. The Morgan fingerprint density at radius 2 is 2.11 bits per heavy atom.